The fourth-order valence-electron chi connectivity index (χ4n) is 2.37. The van der Waals surface area contributed by atoms with E-state index in [4.69, 9.17) is 9.47 Å². The quantitative estimate of drug-likeness (QED) is 0.631. The third kappa shape index (κ3) is 7.40. The number of hydrogen-bond donors (Lipinski definition) is 2. The highest BCUT2D eigenvalue weighted by Crippen LogP contribution is 2.12. The zero-order valence-corrected chi connectivity index (χ0v) is 15.8. The molecule has 0 aromatic heterocycles. The smallest absolute Gasteiger partial charge is 0.251 e. The predicted octanol–water partition coefficient (Wildman–Crippen LogP) is 2.71. The summed E-state index contributed by atoms with van der Waals surface area (Å²) in [6.07, 6.45) is 1.02. The van der Waals surface area contributed by atoms with Crippen LogP contribution < -0.4 is 20.1 Å². The van der Waals surface area contributed by atoms with Gasteiger partial charge < -0.3 is 20.1 Å². The summed E-state index contributed by atoms with van der Waals surface area (Å²) >= 11 is 0. The number of hydrogen-bond acceptors (Lipinski definition) is 4. The van der Waals surface area contributed by atoms with Gasteiger partial charge in [-0.1, -0.05) is 17.7 Å². The molecule has 0 bridgehead atoms. The SMILES string of the molecule is COc1ccc(C(=O)NCCNC(=O)CCCOc2ccc(C)cc2)cc1. The van der Waals surface area contributed by atoms with Crippen LogP contribution >= 0.6 is 0 Å². The number of amides is 2. The molecule has 0 fully saturated rings. The highest BCUT2D eigenvalue weighted by Gasteiger charge is 2.06. The second-order valence-electron chi connectivity index (χ2n) is 6.10. The van der Waals surface area contributed by atoms with Crippen molar-refractivity contribution < 1.29 is 19.1 Å². The van der Waals surface area contributed by atoms with Crippen LogP contribution in [0.25, 0.3) is 0 Å². The zero-order valence-electron chi connectivity index (χ0n) is 15.8. The minimum Gasteiger partial charge on any atom is -0.497 e. The maximum atomic E-state index is 12.0. The van der Waals surface area contributed by atoms with Gasteiger partial charge in [0.05, 0.1) is 13.7 Å². The van der Waals surface area contributed by atoms with Gasteiger partial charge in [0.15, 0.2) is 0 Å². The first-order valence-corrected chi connectivity index (χ1v) is 8.97. The third-order valence-corrected chi connectivity index (χ3v) is 3.92. The molecule has 6 nitrogen and oxygen atoms in total. The zero-order chi connectivity index (χ0) is 19.5. The number of ether oxygens (including phenoxy) is 2. The Balaban J connectivity index is 1.54. The molecule has 0 atom stereocenters. The first-order valence-electron chi connectivity index (χ1n) is 8.97. The molecule has 27 heavy (non-hydrogen) atoms. The number of aryl methyl sites for hydroxylation is 1. The van der Waals surface area contributed by atoms with Crippen molar-refractivity contribution in [1.29, 1.82) is 0 Å². The summed E-state index contributed by atoms with van der Waals surface area (Å²) in [6.45, 7) is 3.27. The van der Waals surface area contributed by atoms with Crippen LogP contribution in [0.5, 0.6) is 11.5 Å². The molecule has 0 saturated heterocycles. The van der Waals surface area contributed by atoms with E-state index >= 15 is 0 Å². The molecule has 0 aliphatic heterocycles. The molecule has 2 aromatic carbocycles. The molecule has 0 aliphatic rings. The molecule has 0 unspecified atom stereocenters. The Hall–Kier alpha value is -3.02. The van der Waals surface area contributed by atoms with Crippen molar-refractivity contribution in [3.8, 4) is 11.5 Å². The lowest BCUT2D eigenvalue weighted by molar-refractivity contribution is -0.121. The maximum Gasteiger partial charge on any atom is 0.251 e. The van der Waals surface area contributed by atoms with Crippen molar-refractivity contribution in [2.75, 3.05) is 26.8 Å². The van der Waals surface area contributed by atoms with Crippen molar-refractivity contribution in [2.45, 2.75) is 19.8 Å². The van der Waals surface area contributed by atoms with Gasteiger partial charge in [-0.25, -0.2) is 0 Å². The Bertz CT molecular complexity index is 727. The predicted molar refractivity (Wildman–Crippen MR) is 104 cm³/mol. The lowest BCUT2D eigenvalue weighted by atomic mass is 10.2. The number of nitrogens with one attached hydrogen (secondary N) is 2. The number of rotatable bonds is 10. The first-order chi connectivity index (χ1) is 13.1. The van der Waals surface area contributed by atoms with Gasteiger partial charge >= 0.3 is 0 Å². The molecule has 0 aliphatic carbocycles. The van der Waals surface area contributed by atoms with Gasteiger partial charge in [-0.3, -0.25) is 9.59 Å². The molecule has 0 spiro atoms. The van der Waals surface area contributed by atoms with Crippen LogP contribution in [-0.4, -0.2) is 38.6 Å². The lowest BCUT2D eigenvalue weighted by Gasteiger charge is -2.08. The molecular weight excluding hydrogens is 344 g/mol. The van der Waals surface area contributed by atoms with Crippen molar-refractivity contribution in [3.63, 3.8) is 0 Å². The van der Waals surface area contributed by atoms with E-state index in [9.17, 15) is 9.59 Å². The van der Waals surface area contributed by atoms with E-state index in [1.807, 2.05) is 31.2 Å². The average molecular weight is 370 g/mol. The average Bonchev–Trinajstić information content (AvgIpc) is 2.70. The van der Waals surface area contributed by atoms with Crippen molar-refractivity contribution in [2.24, 2.45) is 0 Å². The van der Waals surface area contributed by atoms with E-state index in [0.29, 0.717) is 43.9 Å². The van der Waals surface area contributed by atoms with Gasteiger partial charge in [0.25, 0.3) is 5.91 Å². The van der Waals surface area contributed by atoms with Gasteiger partial charge in [0.1, 0.15) is 11.5 Å². The molecule has 6 heteroatoms. The highest BCUT2D eigenvalue weighted by molar-refractivity contribution is 5.94. The van der Waals surface area contributed by atoms with Crippen LogP contribution in [0, 0.1) is 6.92 Å². The van der Waals surface area contributed by atoms with Crippen molar-refractivity contribution >= 4 is 11.8 Å². The Labute approximate surface area is 159 Å². The Kier molecular flexibility index (Phi) is 8.16. The normalized spacial score (nSPS) is 10.1. The van der Waals surface area contributed by atoms with Crippen LogP contribution in [0.3, 0.4) is 0 Å². The number of carbonyl (C=O) groups is 2. The summed E-state index contributed by atoms with van der Waals surface area (Å²) in [7, 11) is 1.58. The van der Waals surface area contributed by atoms with E-state index in [1.165, 1.54) is 5.56 Å². The molecule has 2 amide bonds. The lowest BCUT2D eigenvalue weighted by Crippen LogP contribution is -2.34. The molecule has 144 valence electrons. The van der Waals surface area contributed by atoms with E-state index in [1.54, 1.807) is 31.4 Å². The van der Waals surface area contributed by atoms with Gasteiger partial charge in [-0.05, 0) is 49.7 Å². The highest BCUT2D eigenvalue weighted by atomic mass is 16.5. The summed E-state index contributed by atoms with van der Waals surface area (Å²) in [5, 5.41) is 5.55. The van der Waals surface area contributed by atoms with Crippen molar-refractivity contribution in [1.82, 2.24) is 10.6 Å². The molecule has 0 radical (unpaired) electrons. The molecule has 2 aromatic rings. The topological polar surface area (TPSA) is 76.7 Å². The molecule has 0 heterocycles. The number of carbonyl (C=O) groups excluding carboxylic acids is 2. The van der Waals surface area contributed by atoms with Crippen LogP contribution in [0.1, 0.15) is 28.8 Å². The fourth-order valence-corrected chi connectivity index (χ4v) is 2.37. The first kappa shape index (κ1) is 20.3. The molecular formula is C21H26N2O4. The minimum atomic E-state index is -0.182. The molecule has 2 N–H and O–H groups in total. The van der Waals surface area contributed by atoms with Gasteiger partial charge in [0, 0.05) is 25.1 Å². The number of benzene rings is 2. The second-order valence-corrected chi connectivity index (χ2v) is 6.10. The van der Waals surface area contributed by atoms with E-state index < -0.39 is 0 Å². The summed E-state index contributed by atoms with van der Waals surface area (Å²) in [5.41, 5.74) is 1.73. The van der Waals surface area contributed by atoms with Crippen LogP contribution in [0.15, 0.2) is 48.5 Å². The van der Waals surface area contributed by atoms with Crippen LogP contribution in [0.4, 0.5) is 0 Å². The summed E-state index contributed by atoms with van der Waals surface area (Å²) in [5.74, 6) is 1.27. The fraction of sp³-hybridized carbons (Fsp3) is 0.333. The van der Waals surface area contributed by atoms with E-state index in [0.717, 1.165) is 5.75 Å². The summed E-state index contributed by atoms with van der Waals surface area (Å²) in [6, 6.07) is 14.7. The van der Waals surface area contributed by atoms with Crippen LogP contribution in [0.2, 0.25) is 0 Å². The monoisotopic (exact) mass is 370 g/mol. The maximum absolute atomic E-state index is 12.0. The van der Waals surface area contributed by atoms with Crippen molar-refractivity contribution in [3.05, 3.63) is 59.7 Å². The third-order valence-electron chi connectivity index (χ3n) is 3.92. The summed E-state index contributed by atoms with van der Waals surface area (Å²) in [4.78, 5) is 23.8. The van der Waals surface area contributed by atoms with E-state index in [2.05, 4.69) is 10.6 Å². The summed E-state index contributed by atoms with van der Waals surface area (Å²) < 4.78 is 10.6. The Morgan fingerprint density at radius 3 is 2.19 bits per heavy atom. The second kappa shape index (κ2) is 10.9. The Morgan fingerprint density at radius 1 is 0.889 bits per heavy atom. The van der Waals surface area contributed by atoms with E-state index in [-0.39, 0.29) is 11.8 Å². The molecule has 2 rings (SSSR count). The largest absolute Gasteiger partial charge is 0.497 e. The van der Waals surface area contributed by atoms with Gasteiger partial charge in [0.2, 0.25) is 5.91 Å². The standard InChI is InChI=1S/C21H26N2O4/c1-16-5-9-19(10-6-16)27-15-3-4-20(24)22-13-14-23-21(25)17-7-11-18(26-2)12-8-17/h5-12H,3-4,13-15H2,1-2H3,(H,22,24)(H,23,25). The van der Waals surface area contributed by atoms with Gasteiger partial charge in [-0.15, -0.1) is 0 Å². The minimum absolute atomic E-state index is 0.0544. The van der Waals surface area contributed by atoms with Crippen LogP contribution in [-0.2, 0) is 4.79 Å². The molecule has 0 saturated carbocycles. The Morgan fingerprint density at radius 2 is 1.52 bits per heavy atom. The number of methoxy groups -OCH3 is 1. The van der Waals surface area contributed by atoms with Gasteiger partial charge in [-0.2, -0.15) is 0 Å².